The van der Waals surface area contributed by atoms with Crippen LogP contribution in [0.5, 0.6) is 0 Å². The summed E-state index contributed by atoms with van der Waals surface area (Å²) in [4.78, 5) is 12.5. The number of hydrogen-bond acceptors (Lipinski definition) is 2. The topological polar surface area (TPSA) is 17.1 Å². The van der Waals surface area contributed by atoms with Crippen LogP contribution in [0.2, 0.25) is 0 Å². The molecule has 1 aromatic carbocycles. The molecule has 1 nitrogen and oxygen atoms in total. The zero-order valence-corrected chi connectivity index (χ0v) is 11.3. The molecule has 0 saturated carbocycles. The maximum Gasteiger partial charge on any atom is 0.195 e. The molecule has 0 saturated heterocycles. The Kier molecular flexibility index (Phi) is 2.49. The van der Waals surface area contributed by atoms with Crippen LogP contribution in [0.4, 0.5) is 0 Å². The van der Waals surface area contributed by atoms with Crippen LogP contribution in [0.1, 0.15) is 13.8 Å². The predicted molar refractivity (Wildman–Crippen MR) is 79.2 cm³/mol. The van der Waals surface area contributed by atoms with Crippen LogP contribution in [0.15, 0.2) is 41.2 Å². The monoisotopic (exact) mass is 254 g/mol. The Morgan fingerprint density at radius 3 is 2.78 bits per heavy atom. The van der Waals surface area contributed by atoms with Gasteiger partial charge in [0.05, 0.1) is 0 Å². The first-order valence-electron chi connectivity index (χ1n) is 6.01. The molecule has 2 heteroatoms. The summed E-state index contributed by atoms with van der Waals surface area (Å²) in [7, 11) is 0. The third-order valence-corrected chi connectivity index (χ3v) is 4.30. The van der Waals surface area contributed by atoms with E-state index >= 15 is 0 Å². The fraction of sp³-hybridized carbons (Fsp3) is 0.188. The standard InChI is InChI=1S/C16H14OS/c1-16(2)9-5-8-14-12(10-16)15(17)11-6-3-4-7-13(11)18-14/h3-10H,1-2H3. The molecule has 0 unspecified atom stereocenters. The average molecular weight is 254 g/mol. The maximum absolute atomic E-state index is 12.5. The molecular weight excluding hydrogens is 240 g/mol. The molecule has 1 aliphatic rings. The van der Waals surface area contributed by atoms with E-state index in [4.69, 9.17) is 0 Å². The Morgan fingerprint density at radius 2 is 1.94 bits per heavy atom. The normalized spacial score (nSPS) is 16.6. The fourth-order valence-electron chi connectivity index (χ4n) is 2.24. The highest BCUT2D eigenvalue weighted by atomic mass is 32.1. The van der Waals surface area contributed by atoms with Crippen LogP contribution in [0.3, 0.4) is 0 Å². The quantitative estimate of drug-likeness (QED) is 0.705. The summed E-state index contributed by atoms with van der Waals surface area (Å²) in [6.07, 6.45) is 8.30. The van der Waals surface area contributed by atoms with Crippen molar-refractivity contribution in [3.05, 3.63) is 56.4 Å². The van der Waals surface area contributed by atoms with Crippen molar-refractivity contribution in [3.8, 4) is 0 Å². The largest absolute Gasteiger partial charge is 0.289 e. The Labute approximate surface area is 109 Å². The van der Waals surface area contributed by atoms with Gasteiger partial charge >= 0.3 is 0 Å². The maximum atomic E-state index is 12.5. The van der Waals surface area contributed by atoms with Gasteiger partial charge in [-0.3, -0.25) is 4.79 Å². The number of rotatable bonds is 0. The van der Waals surface area contributed by atoms with Crippen molar-refractivity contribution < 1.29 is 0 Å². The third-order valence-electron chi connectivity index (χ3n) is 3.15. The van der Waals surface area contributed by atoms with E-state index in [1.54, 1.807) is 11.3 Å². The summed E-state index contributed by atoms with van der Waals surface area (Å²) in [5, 5.41) is 1.66. The second-order valence-corrected chi connectivity index (χ2v) is 6.28. The van der Waals surface area contributed by atoms with E-state index in [0.29, 0.717) is 0 Å². The highest BCUT2D eigenvalue weighted by Gasteiger charge is 2.13. The molecule has 0 N–H and O–H groups in total. The molecule has 18 heavy (non-hydrogen) atoms. The van der Waals surface area contributed by atoms with Crippen LogP contribution in [0, 0.1) is 5.41 Å². The predicted octanol–water partition coefficient (Wildman–Crippen LogP) is 2.42. The first-order chi connectivity index (χ1) is 8.57. The number of allylic oxidation sites excluding steroid dienone is 2. The van der Waals surface area contributed by atoms with Crippen LogP contribution >= 0.6 is 11.3 Å². The number of fused-ring (bicyclic) bond motifs is 2. The molecule has 3 rings (SSSR count). The Morgan fingerprint density at radius 1 is 1.17 bits per heavy atom. The van der Waals surface area contributed by atoms with Crippen LogP contribution in [0.25, 0.3) is 22.2 Å². The molecule has 0 amide bonds. The van der Waals surface area contributed by atoms with E-state index < -0.39 is 0 Å². The van der Waals surface area contributed by atoms with Gasteiger partial charge in [0.1, 0.15) is 0 Å². The Balaban J connectivity index is 2.57. The first-order valence-corrected chi connectivity index (χ1v) is 6.83. The van der Waals surface area contributed by atoms with Gasteiger partial charge in [-0.05, 0) is 18.2 Å². The van der Waals surface area contributed by atoms with E-state index in [-0.39, 0.29) is 10.8 Å². The molecule has 2 aromatic rings. The zero-order valence-electron chi connectivity index (χ0n) is 10.4. The van der Waals surface area contributed by atoms with Crippen molar-refractivity contribution in [3.63, 3.8) is 0 Å². The molecule has 1 aliphatic carbocycles. The lowest BCUT2D eigenvalue weighted by Crippen LogP contribution is -2.38. The van der Waals surface area contributed by atoms with E-state index in [1.807, 2.05) is 36.4 Å². The van der Waals surface area contributed by atoms with Crippen LogP contribution in [-0.4, -0.2) is 0 Å². The lowest BCUT2D eigenvalue weighted by atomic mass is 9.92. The molecule has 0 bridgehead atoms. The Bertz CT molecular complexity index is 822. The lowest BCUT2D eigenvalue weighted by Gasteiger charge is -2.12. The van der Waals surface area contributed by atoms with Gasteiger partial charge in [-0.1, -0.05) is 44.2 Å². The smallest absolute Gasteiger partial charge is 0.195 e. The fourth-order valence-corrected chi connectivity index (χ4v) is 3.30. The summed E-state index contributed by atoms with van der Waals surface area (Å²) in [5.41, 5.74) is 0.0724. The number of hydrogen-bond donors (Lipinski definition) is 0. The van der Waals surface area contributed by atoms with Gasteiger partial charge < -0.3 is 0 Å². The van der Waals surface area contributed by atoms with Crippen LogP contribution < -0.4 is 15.2 Å². The molecular formula is C16H14OS. The highest BCUT2D eigenvalue weighted by molar-refractivity contribution is 7.16. The van der Waals surface area contributed by atoms with Crippen molar-refractivity contribution in [2.45, 2.75) is 13.8 Å². The third kappa shape index (κ3) is 1.83. The molecule has 0 radical (unpaired) electrons. The van der Waals surface area contributed by atoms with E-state index in [0.717, 1.165) is 19.8 Å². The van der Waals surface area contributed by atoms with Gasteiger partial charge in [0.25, 0.3) is 0 Å². The average Bonchev–Trinajstić information content (AvgIpc) is 2.48. The van der Waals surface area contributed by atoms with E-state index in [2.05, 4.69) is 26.0 Å². The first kappa shape index (κ1) is 11.4. The van der Waals surface area contributed by atoms with Crippen LogP contribution in [-0.2, 0) is 0 Å². The molecule has 1 aromatic heterocycles. The van der Waals surface area contributed by atoms with Gasteiger partial charge in [-0.25, -0.2) is 0 Å². The van der Waals surface area contributed by atoms with Gasteiger partial charge in [0.2, 0.25) is 0 Å². The molecule has 0 aliphatic heterocycles. The summed E-state index contributed by atoms with van der Waals surface area (Å²) in [6.45, 7) is 4.23. The summed E-state index contributed by atoms with van der Waals surface area (Å²) in [5.74, 6) is 0. The van der Waals surface area contributed by atoms with Crippen molar-refractivity contribution in [1.29, 1.82) is 0 Å². The van der Waals surface area contributed by atoms with Gasteiger partial charge in [-0.15, -0.1) is 11.3 Å². The molecule has 0 fully saturated rings. The second-order valence-electron chi connectivity index (χ2n) is 5.20. The zero-order chi connectivity index (χ0) is 12.8. The van der Waals surface area contributed by atoms with E-state index in [9.17, 15) is 4.79 Å². The van der Waals surface area contributed by atoms with Gasteiger partial charge in [0.15, 0.2) is 5.43 Å². The minimum Gasteiger partial charge on any atom is -0.289 e. The molecule has 0 spiro atoms. The van der Waals surface area contributed by atoms with Crippen molar-refractivity contribution in [2.75, 3.05) is 0 Å². The summed E-state index contributed by atoms with van der Waals surface area (Å²) >= 11 is 1.68. The molecule has 1 heterocycles. The molecule has 0 atom stereocenters. The van der Waals surface area contributed by atoms with Crippen molar-refractivity contribution in [2.24, 2.45) is 5.41 Å². The Hall–Kier alpha value is -1.67. The summed E-state index contributed by atoms with van der Waals surface area (Å²) < 4.78 is 2.11. The SMILES string of the molecule is CC1(C)C=CC=c2sc3ccccc3c(=O)c2=C1. The minimum absolute atomic E-state index is 0.0733. The number of benzene rings is 1. The highest BCUT2D eigenvalue weighted by Crippen LogP contribution is 2.20. The van der Waals surface area contributed by atoms with Crippen molar-refractivity contribution in [1.82, 2.24) is 0 Å². The molecule has 90 valence electrons. The van der Waals surface area contributed by atoms with Gasteiger partial charge in [0, 0.05) is 25.3 Å². The van der Waals surface area contributed by atoms with E-state index in [1.165, 1.54) is 0 Å². The van der Waals surface area contributed by atoms with Crippen molar-refractivity contribution >= 4 is 33.6 Å². The van der Waals surface area contributed by atoms with Gasteiger partial charge in [-0.2, -0.15) is 0 Å². The summed E-state index contributed by atoms with van der Waals surface area (Å²) in [6, 6.07) is 7.82. The minimum atomic E-state index is -0.0733. The lowest BCUT2D eigenvalue weighted by molar-refractivity contribution is 0.670. The second kappa shape index (κ2) is 3.92.